The second-order valence-electron chi connectivity index (χ2n) is 6.41. The Morgan fingerprint density at radius 2 is 1.81 bits per heavy atom. The van der Waals surface area contributed by atoms with Crippen molar-refractivity contribution >= 4 is 16.9 Å². The van der Waals surface area contributed by atoms with Crippen molar-refractivity contribution in [2.24, 2.45) is 0 Å². The molecule has 2 rings (SSSR count). The highest BCUT2D eigenvalue weighted by atomic mass is 32.3. The van der Waals surface area contributed by atoms with Gasteiger partial charge in [0.25, 0.3) is 0 Å². The number of hydrogen-bond donors (Lipinski definition) is 2. The van der Waals surface area contributed by atoms with Gasteiger partial charge in [0.05, 0.1) is 11.0 Å². The third-order valence-electron chi connectivity index (χ3n) is 3.86. The van der Waals surface area contributed by atoms with Crippen molar-refractivity contribution in [3.05, 3.63) is 24.3 Å². The van der Waals surface area contributed by atoms with Gasteiger partial charge >= 0.3 is 12.5 Å². The maximum absolute atomic E-state index is 12.2. The molecule has 1 aromatic rings. The van der Waals surface area contributed by atoms with E-state index in [1.165, 1.54) is 21.3 Å². The van der Waals surface area contributed by atoms with Crippen LogP contribution in [0, 0.1) is 0 Å². The average molecular weight is 412 g/mol. The number of piperazine rings is 1. The predicted octanol–water partition coefficient (Wildman–Crippen LogP) is 4.16. The van der Waals surface area contributed by atoms with Gasteiger partial charge in [-0.3, -0.25) is 9.11 Å². The summed E-state index contributed by atoms with van der Waals surface area (Å²) in [5.41, 5.74) is 0. The first-order chi connectivity index (χ1) is 12.4. The molecule has 11 heteroatoms. The number of benzene rings is 1. The first-order valence-corrected chi connectivity index (χ1v) is 9.77. The van der Waals surface area contributed by atoms with Gasteiger partial charge in [0.1, 0.15) is 5.75 Å². The molecule has 0 spiro atoms. The van der Waals surface area contributed by atoms with Crippen LogP contribution in [0.3, 0.4) is 0 Å². The zero-order chi connectivity index (χ0) is 20.4. The highest BCUT2D eigenvalue weighted by Crippen LogP contribution is 2.53. The van der Waals surface area contributed by atoms with Gasteiger partial charge in [-0.1, -0.05) is 0 Å². The van der Waals surface area contributed by atoms with Gasteiger partial charge in [-0.25, -0.2) is 4.79 Å². The molecule has 0 saturated carbocycles. The van der Waals surface area contributed by atoms with Gasteiger partial charge in [-0.15, -0.1) is 23.9 Å². The van der Waals surface area contributed by atoms with Crippen molar-refractivity contribution < 1.29 is 36.5 Å². The SMILES string of the molecule is CC(C)OC(=O)N1CCN(S(O)(O)c2ccc(OC(F)(F)F)cc2)C(C)C1. The Bertz CT molecular complexity index is 654. The third kappa shape index (κ3) is 5.64. The minimum atomic E-state index is -4.82. The van der Waals surface area contributed by atoms with Gasteiger partial charge in [0.2, 0.25) is 0 Å². The van der Waals surface area contributed by atoms with Crippen LogP contribution in [0.5, 0.6) is 5.75 Å². The van der Waals surface area contributed by atoms with Crippen LogP contribution < -0.4 is 4.74 Å². The first-order valence-electron chi connectivity index (χ1n) is 8.26. The molecule has 0 bridgehead atoms. The Morgan fingerprint density at radius 1 is 1.22 bits per heavy atom. The predicted molar refractivity (Wildman–Crippen MR) is 93.6 cm³/mol. The molecule has 1 atom stereocenters. The van der Waals surface area contributed by atoms with E-state index in [-0.39, 0.29) is 30.6 Å². The fourth-order valence-electron chi connectivity index (χ4n) is 2.72. The molecule has 1 saturated heterocycles. The molecule has 1 aliphatic heterocycles. The molecule has 0 aromatic heterocycles. The van der Waals surface area contributed by atoms with Crippen LogP contribution >= 0.6 is 10.8 Å². The molecule has 1 aromatic carbocycles. The van der Waals surface area contributed by atoms with E-state index >= 15 is 0 Å². The Hall–Kier alpha value is -1.69. The minimum Gasteiger partial charge on any atom is -0.447 e. The smallest absolute Gasteiger partial charge is 0.447 e. The summed E-state index contributed by atoms with van der Waals surface area (Å²) in [4.78, 5) is 13.5. The number of amides is 1. The summed E-state index contributed by atoms with van der Waals surface area (Å²) in [5, 5.41) is 0. The summed E-state index contributed by atoms with van der Waals surface area (Å²) >= 11 is 0. The summed E-state index contributed by atoms with van der Waals surface area (Å²) in [6.45, 7) is 5.85. The van der Waals surface area contributed by atoms with Crippen molar-refractivity contribution in [3.63, 3.8) is 0 Å². The minimum absolute atomic E-state index is 0.0714. The van der Waals surface area contributed by atoms with Crippen LogP contribution in [0.1, 0.15) is 20.8 Å². The standard InChI is InChI=1S/C16H23F3N2O5S/c1-11(2)25-15(22)20-8-9-21(12(3)10-20)27(23,24)14-6-4-13(5-7-14)26-16(17,18)19/h4-7,11-12,23-24H,8-10H2,1-3H3. The van der Waals surface area contributed by atoms with E-state index in [4.69, 9.17) is 4.74 Å². The van der Waals surface area contributed by atoms with Crippen molar-refractivity contribution in [2.45, 2.75) is 44.2 Å². The van der Waals surface area contributed by atoms with E-state index in [1.54, 1.807) is 20.8 Å². The molecule has 0 radical (unpaired) electrons. The first kappa shape index (κ1) is 21.6. The van der Waals surface area contributed by atoms with Crippen molar-refractivity contribution in [1.29, 1.82) is 0 Å². The molecule has 154 valence electrons. The van der Waals surface area contributed by atoms with Crippen molar-refractivity contribution in [1.82, 2.24) is 9.21 Å². The summed E-state index contributed by atoms with van der Waals surface area (Å²) in [6, 6.07) is 4.02. The number of alkyl halides is 3. The highest BCUT2D eigenvalue weighted by molar-refractivity contribution is 8.22. The zero-order valence-corrected chi connectivity index (χ0v) is 16.0. The van der Waals surface area contributed by atoms with Gasteiger partial charge < -0.3 is 14.4 Å². The summed E-state index contributed by atoms with van der Waals surface area (Å²) in [7, 11) is -3.43. The fraction of sp³-hybridized carbons (Fsp3) is 0.562. The number of ether oxygens (including phenoxy) is 2. The molecule has 1 unspecified atom stereocenters. The molecule has 7 nitrogen and oxygen atoms in total. The lowest BCUT2D eigenvalue weighted by molar-refractivity contribution is -0.274. The van der Waals surface area contributed by atoms with E-state index in [9.17, 15) is 27.1 Å². The van der Waals surface area contributed by atoms with Gasteiger partial charge in [0.15, 0.2) is 0 Å². The van der Waals surface area contributed by atoms with E-state index < -0.39 is 35.0 Å². The lowest BCUT2D eigenvalue weighted by atomic mass is 10.2. The molecular weight excluding hydrogens is 389 g/mol. The van der Waals surface area contributed by atoms with Crippen LogP contribution in [-0.2, 0) is 4.74 Å². The molecule has 27 heavy (non-hydrogen) atoms. The number of halogens is 3. The molecule has 1 amide bonds. The van der Waals surface area contributed by atoms with E-state index in [0.29, 0.717) is 0 Å². The summed E-state index contributed by atoms with van der Waals surface area (Å²) in [5.74, 6) is -0.448. The average Bonchev–Trinajstić information content (AvgIpc) is 2.52. The highest BCUT2D eigenvalue weighted by Gasteiger charge is 2.36. The number of carbonyl (C=O) groups is 1. The monoisotopic (exact) mass is 412 g/mol. The zero-order valence-electron chi connectivity index (χ0n) is 15.1. The fourth-order valence-corrected chi connectivity index (χ4v) is 4.40. The topological polar surface area (TPSA) is 82.5 Å². The molecule has 1 heterocycles. The van der Waals surface area contributed by atoms with Crippen LogP contribution in [0.4, 0.5) is 18.0 Å². The largest absolute Gasteiger partial charge is 0.573 e. The van der Waals surface area contributed by atoms with Gasteiger partial charge in [0, 0.05) is 25.7 Å². The van der Waals surface area contributed by atoms with Gasteiger partial charge in [-0.2, -0.15) is 4.31 Å². The second kappa shape index (κ2) is 8.13. The van der Waals surface area contributed by atoms with Crippen LogP contribution in [0.2, 0.25) is 0 Å². The van der Waals surface area contributed by atoms with Crippen LogP contribution in [0.15, 0.2) is 29.2 Å². The Morgan fingerprint density at radius 3 is 2.30 bits per heavy atom. The van der Waals surface area contributed by atoms with Crippen molar-refractivity contribution in [3.8, 4) is 5.75 Å². The van der Waals surface area contributed by atoms with Crippen LogP contribution in [-0.4, -0.2) is 62.5 Å². The molecule has 1 fully saturated rings. The van der Waals surface area contributed by atoms with Crippen molar-refractivity contribution in [2.75, 3.05) is 19.6 Å². The number of rotatable bonds is 4. The molecule has 0 aliphatic carbocycles. The maximum atomic E-state index is 12.2. The second-order valence-corrected chi connectivity index (χ2v) is 8.38. The quantitative estimate of drug-likeness (QED) is 0.773. The lowest BCUT2D eigenvalue weighted by Gasteiger charge is -2.50. The Balaban J connectivity index is 2.07. The summed E-state index contributed by atoms with van der Waals surface area (Å²) < 4.78 is 68.3. The maximum Gasteiger partial charge on any atom is 0.573 e. The number of carbonyl (C=O) groups excluding carboxylic acids is 1. The lowest BCUT2D eigenvalue weighted by Crippen LogP contribution is -2.54. The van der Waals surface area contributed by atoms with Crippen LogP contribution in [0.25, 0.3) is 0 Å². The van der Waals surface area contributed by atoms with E-state index in [1.807, 2.05) is 0 Å². The Kier molecular flexibility index (Phi) is 6.51. The van der Waals surface area contributed by atoms with E-state index in [2.05, 4.69) is 4.74 Å². The van der Waals surface area contributed by atoms with E-state index in [0.717, 1.165) is 12.1 Å². The molecule has 1 aliphatic rings. The number of hydrogen-bond acceptors (Lipinski definition) is 6. The number of nitrogens with zero attached hydrogens (tertiary/aromatic N) is 2. The Labute approximate surface area is 157 Å². The van der Waals surface area contributed by atoms with Gasteiger partial charge in [-0.05, 0) is 45.0 Å². The normalized spacial score (nSPS) is 19.9. The third-order valence-corrected chi connectivity index (χ3v) is 5.96. The molecular formula is C16H23F3N2O5S. The summed E-state index contributed by atoms with van der Waals surface area (Å²) in [6.07, 6.45) is -5.55. The molecule has 2 N–H and O–H groups in total.